The number of aliphatic imine (C=N–C) groups is 1. The Hall–Kier alpha value is -1.27. The van der Waals surface area contributed by atoms with Gasteiger partial charge in [-0.2, -0.15) is 0 Å². The van der Waals surface area contributed by atoms with E-state index in [9.17, 15) is 0 Å². The number of nitrogens with two attached hydrogens (primary N) is 1. The summed E-state index contributed by atoms with van der Waals surface area (Å²) < 4.78 is 0. The summed E-state index contributed by atoms with van der Waals surface area (Å²) in [6.45, 7) is 4.65. The molecule has 2 aromatic carbocycles. The van der Waals surface area contributed by atoms with Crippen LogP contribution in [0.2, 0.25) is 5.02 Å². The van der Waals surface area contributed by atoms with Gasteiger partial charge in [-0.05, 0) is 54.8 Å². The normalized spacial score (nSPS) is 10.9. The first-order chi connectivity index (χ1) is 9.54. The molecule has 0 aliphatic carbocycles. The largest absolute Gasteiger partial charge is 0.370 e. The van der Waals surface area contributed by atoms with E-state index in [1.807, 2.05) is 30.3 Å². The number of rotatable bonds is 3. The second kappa shape index (κ2) is 8.24. The number of hydrogen-bond donors (Lipinski definition) is 2. The molecule has 0 aliphatic rings. The minimum atomic E-state index is 0. The van der Waals surface area contributed by atoms with Crippen LogP contribution in [0.3, 0.4) is 0 Å². The van der Waals surface area contributed by atoms with E-state index in [-0.39, 0.29) is 24.0 Å². The zero-order valence-corrected chi connectivity index (χ0v) is 15.1. The van der Waals surface area contributed by atoms with Gasteiger partial charge in [-0.3, -0.25) is 0 Å². The summed E-state index contributed by atoms with van der Waals surface area (Å²) in [4.78, 5) is 4.31. The number of anilines is 1. The second-order valence-electron chi connectivity index (χ2n) is 4.76. The van der Waals surface area contributed by atoms with Crippen LogP contribution in [0.4, 0.5) is 5.69 Å². The van der Waals surface area contributed by atoms with Gasteiger partial charge in [0.05, 0.1) is 6.54 Å². The molecule has 0 atom stereocenters. The van der Waals surface area contributed by atoms with Gasteiger partial charge < -0.3 is 11.1 Å². The van der Waals surface area contributed by atoms with Crippen LogP contribution >= 0.6 is 35.6 Å². The highest BCUT2D eigenvalue weighted by Gasteiger charge is 1.98. The number of guanidine groups is 1. The van der Waals surface area contributed by atoms with Crippen molar-refractivity contribution in [3.8, 4) is 0 Å². The maximum atomic E-state index is 5.93. The lowest BCUT2D eigenvalue weighted by molar-refractivity contribution is 1.06. The van der Waals surface area contributed by atoms with E-state index in [0.29, 0.717) is 17.5 Å². The molecule has 0 bridgehead atoms. The molecule has 0 aromatic heterocycles. The number of aryl methyl sites for hydroxylation is 2. The summed E-state index contributed by atoms with van der Waals surface area (Å²) in [5, 5.41) is 3.80. The summed E-state index contributed by atoms with van der Waals surface area (Å²) in [6, 6.07) is 13.7. The van der Waals surface area contributed by atoms with Crippen LogP contribution in [0, 0.1) is 13.8 Å². The van der Waals surface area contributed by atoms with Crippen LogP contribution in [0.5, 0.6) is 0 Å². The molecular formula is C16H19ClIN3. The van der Waals surface area contributed by atoms with E-state index < -0.39 is 0 Å². The standard InChI is InChI=1S/C16H18ClN3.HI/c1-11-6-7-15(8-12(11)2)20-16(18)19-10-13-4-3-5-14(17)9-13;/h3-9H,10H2,1-2H3,(H3,18,19,20);1H. The van der Waals surface area contributed by atoms with Crippen molar-refractivity contribution in [3.05, 3.63) is 64.2 Å². The fourth-order valence-electron chi connectivity index (χ4n) is 1.82. The summed E-state index contributed by atoms with van der Waals surface area (Å²) in [5.74, 6) is 0.397. The minimum absolute atomic E-state index is 0. The third-order valence-corrected chi connectivity index (χ3v) is 3.34. The van der Waals surface area contributed by atoms with Crippen molar-refractivity contribution in [2.24, 2.45) is 10.7 Å². The van der Waals surface area contributed by atoms with Gasteiger partial charge in [-0.25, -0.2) is 4.99 Å². The predicted octanol–water partition coefficient (Wildman–Crippen LogP) is 4.50. The van der Waals surface area contributed by atoms with Crippen LogP contribution < -0.4 is 11.1 Å². The average Bonchev–Trinajstić information content (AvgIpc) is 2.41. The van der Waals surface area contributed by atoms with Crippen molar-refractivity contribution >= 4 is 47.2 Å². The van der Waals surface area contributed by atoms with Gasteiger partial charge in [0.1, 0.15) is 0 Å². The molecule has 0 saturated carbocycles. The van der Waals surface area contributed by atoms with Gasteiger partial charge in [-0.1, -0.05) is 29.8 Å². The number of nitrogens with zero attached hydrogens (tertiary/aromatic N) is 1. The van der Waals surface area contributed by atoms with E-state index in [1.54, 1.807) is 0 Å². The number of halogens is 2. The van der Waals surface area contributed by atoms with E-state index >= 15 is 0 Å². The molecule has 0 radical (unpaired) electrons. The van der Waals surface area contributed by atoms with Gasteiger partial charge in [0.2, 0.25) is 0 Å². The van der Waals surface area contributed by atoms with Crippen molar-refractivity contribution in [1.29, 1.82) is 0 Å². The average molecular weight is 416 g/mol. The van der Waals surface area contributed by atoms with Gasteiger partial charge >= 0.3 is 0 Å². The monoisotopic (exact) mass is 415 g/mol. The van der Waals surface area contributed by atoms with E-state index in [0.717, 1.165) is 11.3 Å². The lowest BCUT2D eigenvalue weighted by atomic mass is 10.1. The maximum Gasteiger partial charge on any atom is 0.193 e. The van der Waals surface area contributed by atoms with Crippen LogP contribution in [0.25, 0.3) is 0 Å². The first-order valence-corrected chi connectivity index (χ1v) is 6.81. The Kier molecular flexibility index (Phi) is 6.98. The Morgan fingerprint density at radius 3 is 2.57 bits per heavy atom. The van der Waals surface area contributed by atoms with E-state index in [4.69, 9.17) is 17.3 Å². The number of nitrogens with one attached hydrogen (secondary N) is 1. The molecule has 0 heterocycles. The Bertz CT molecular complexity index is 641. The molecule has 3 N–H and O–H groups in total. The molecule has 0 unspecified atom stereocenters. The number of benzene rings is 2. The smallest absolute Gasteiger partial charge is 0.193 e. The van der Waals surface area contributed by atoms with Crippen LogP contribution in [-0.4, -0.2) is 5.96 Å². The molecule has 2 aromatic rings. The molecule has 0 spiro atoms. The Balaban J connectivity index is 0.00000220. The molecule has 0 amide bonds. The van der Waals surface area contributed by atoms with Crippen molar-refractivity contribution in [3.63, 3.8) is 0 Å². The van der Waals surface area contributed by atoms with Crippen molar-refractivity contribution < 1.29 is 0 Å². The summed E-state index contributed by atoms with van der Waals surface area (Å²) in [7, 11) is 0. The first kappa shape index (κ1) is 17.8. The molecule has 2 rings (SSSR count). The zero-order chi connectivity index (χ0) is 14.5. The highest BCUT2D eigenvalue weighted by atomic mass is 127. The third-order valence-electron chi connectivity index (χ3n) is 3.10. The molecule has 0 saturated heterocycles. The molecule has 5 heteroatoms. The molecule has 3 nitrogen and oxygen atoms in total. The molecule has 0 aliphatic heterocycles. The molecular weight excluding hydrogens is 397 g/mol. The van der Waals surface area contributed by atoms with Crippen molar-refractivity contribution in [1.82, 2.24) is 0 Å². The lowest BCUT2D eigenvalue weighted by Crippen LogP contribution is -2.22. The summed E-state index contributed by atoms with van der Waals surface area (Å²) in [6.07, 6.45) is 0. The Morgan fingerprint density at radius 1 is 1.14 bits per heavy atom. The summed E-state index contributed by atoms with van der Waals surface area (Å²) in [5.41, 5.74) is 10.3. The Morgan fingerprint density at radius 2 is 1.90 bits per heavy atom. The zero-order valence-electron chi connectivity index (χ0n) is 12.1. The fraction of sp³-hybridized carbons (Fsp3) is 0.188. The quantitative estimate of drug-likeness (QED) is 0.440. The summed E-state index contributed by atoms with van der Waals surface area (Å²) >= 11 is 5.93. The van der Waals surface area contributed by atoms with E-state index in [1.165, 1.54) is 11.1 Å². The molecule has 21 heavy (non-hydrogen) atoms. The number of hydrogen-bond acceptors (Lipinski definition) is 1. The second-order valence-corrected chi connectivity index (χ2v) is 5.19. The van der Waals surface area contributed by atoms with Gasteiger partial charge in [-0.15, -0.1) is 24.0 Å². The maximum absolute atomic E-state index is 5.93. The van der Waals surface area contributed by atoms with Crippen molar-refractivity contribution in [2.45, 2.75) is 20.4 Å². The van der Waals surface area contributed by atoms with E-state index in [2.05, 4.69) is 36.3 Å². The highest BCUT2D eigenvalue weighted by molar-refractivity contribution is 14.0. The highest BCUT2D eigenvalue weighted by Crippen LogP contribution is 2.14. The first-order valence-electron chi connectivity index (χ1n) is 6.43. The van der Waals surface area contributed by atoms with Gasteiger partial charge in [0.25, 0.3) is 0 Å². The topological polar surface area (TPSA) is 50.4 Å². The van der Waals surface area contributed by atoms with Gasteiger partial charge in [0.15, 0.2) is 5.96 Å². The third kappa shape index (κ3) is 5.55. The van der Waals surface area contributed by atoms with Crippen LogP contribution in [-0.2, 0) is 6.54 Å². The van der Waals surface area contributed by atoms with Gasteiger partial charge in [0, 0.05) is 10.7 Å². The molecule has 0 fully saturated rings. The van der Waals surface area contributed by atoms with Crippen LogP contribution in [0.15, 0.2) is 47.5 Å². The Labute approximate surface area is 147 Å². The van der Waals surface area contributed by atoms with Crippen molar-refractivity contribution in [2.75, 3.05) is 5.32 Å². The fourth-order valence-corrected chi connectivity index (χ4v) is 2.03. The lowest BCUT2D eigenvalue weighted by Gasteiger charge is -2.08. The van der Waals surface area contributed by atoms with Crippen LogP contribution in [0.1, 0.15) is 16.7 Å². The minimum Gasteiger partial charge on any atom is -0.370 e. The predicted molar refractivity (Wildman–Crippen MR) is 102 cm³/mol. The molecule has 112 valence electrons. The SMILES string of the molecule is Cc1ccc(NC(N)=NCc2cccc(Cl)c2)cc1C.I.